The molecule has 22 heavy (non-hydrogen) atoms. The lowest BCUT2D eigenvalue weighted by atomic mass is 10.1. The summed E-state index contributed by atoms with van der Waals surface area (Å²) in [5, 5.41) is 0.839. The maximum Gasteiger partial charge on any atom is 0.151 e. The van der Waals surface area contributed by atoms with Crippen molar-refractivity contribution in [3.8, 4) is 11.3 Å². The maximum atomic E-state index is 13.2. The summed E-state index contributed by atoms with van der Waals surface area (Å²) in [6.07, 6.45) is 0. The lowest BCUT2D eigenvalue weighted by Gasteiger charge is -2.02. The Kier molecular flexibility index (Phi) is 4.19. The summed E-state index contributed by atoms with van der Waals surface area (Å²) < 4.78 is 32.6. The number of furan rings is 1. The summed E-state index contributed by atoms with van der Waals surface area (Å²) in [5.74, 6) is 0.738. The lowest BCUT2D eigenvalue weighted by Crippen LogP contribution is -1.95. The average molecular weight is 381 g/mol. The van der Waals surface area contributed by atoms with Gasteiger partial charge in [-0.3, -0.25) is 4.21 Å². The van der Waals surface area contributed by atoms with E-state index in [1.165, 1.54) is 12.1 Å². The van der Waals surface area contributed by atoms with Crippen molar-refractivity contribution < 1.29 is 13.0 Å². The molecule has 0 bridgehead atoms. The second-order valence-corrected chi connectivity index (χ2v) is 7.59. The van der Waals surface area contributed by atoms with Gasteiger partial charge in [0.05, 0.1) is 15.7 Å². The summed E-state index contributed by atoms with van der Waals surface area (Å²) in [5.41, 5.74) is 2.41. The Morgan fingerprint density at radius 3 is 2.55 bits per heavy atom. The highest BCUT2D eigenvalue weighted by molar-refractivity contribution is 9.10. The molecule has 3 rings (SSSR count). The van der Waals surface area contributed by atoms with Gasteiger partial charge in [-0.2, -0.15) is 0 Å². The van der Waals surface area contributed by atoms with Crippen LogP contribution in [0.4, 0.5) is 4.39 Å². The number of rotatable bonds is 3. The second-order valence-electron chi connectivity index (χ2n) is 5.00. The molecule has 1 aromatic heterocycles. The third-order valence-corrected chi connectivity index (χ3v) is 5.33. The third-order valence-electron chi connectivity index (χ3n) is 3.49. The first kappa shape index (κ1) is 15.4. The third kappa shape index (κ3) is 2.63. The van der Waals surface area contributed by atoms with Crippen molar-refractivity contribution in [2.75, 3.05) is 5.75 Å². The first-order valence-electron chi connectivity index (χ1n) is 6.88. The lowest BCUT2D eigenvalue weighted by molar-refractivity contribution is 0.616. The van der Waals surface area contributed by atoms with Crippen LogP contribution in [0.3, 0.4) is 0 Å². The Bertz CT molecular complexity index is 868. The van der Waals surface area contributed by atoms with Gasteiger partial charge in [-0.25, -0.2) is 4.39 Å². The molecule has 0 amide bonds. The van der Waals surface area contributed by atoms with Gasteiger partial charge in [0.25, 0.3) is 0 Å². The molecule has 0 spiro atoms. The molecule has 1 heterocycles. The fourth-order valence-electron chi connectivity index (χ4n) is 2.47. The molecule has 5 heteroatoms. The molecule has 114 valence electrons. The zero-order valence-electron chi connectivity index (χ0n) is 12.2. The number of fused-ring (bicyclic) bond motifs is 1. The van der Waals surface area contributed by atoms with Crippen molar-refractivity contribution in [3.05, 3.63) is 52.3 Å². The normalized spacial score (nSPS) is 12.7. The van der Waals surface area contributed by atoms with Crippen LogP contribution in [-0.2, 0) is 10.8 Å². The summed E-state index contributed by atoms with van der Waals surface area (Å²) >= 11 is 3.47. The largest absolute Gasteiger partial charge is 0.454 e. The fourth-order valence-corrected chi connectivity index (χ4v) is 4.09. The molecule has 2 aromatic carbocycles. The SMILES string of the molecule is CC[S@@](=O)c1c(-c2ccc(F)cc2)oc2c(C)cc(Br)cc12. The average Bonchev–Trinajstić information content (AvgIpc) is 2.87. The van der Waals surface area contributed by atoms with Crippen LogP contribution in [0.15, 0.2) is 50.2 Å². The number of halogens is 2. The van der Waals surface area contributed by atoms with Gasteiger partial charge in [0.1, 0.15) is 11.4 Å². The maximum absolute atomic E-state index is 13.2. The molecule has 0 aliphatic rings. The van der Waals surface area contributed by atoms with Gasteiger partial charge in [-0.15, -0.1) is 0 Å². The minimum Gasteiger partial charge on any atom is -0.454 e. The van der Waals surface area contributed by atoms with Gasteiger partial charge in [0.2, 0.25) is 0 Å². The molecule has 0 radical (unpaired) electrons. The summed E-state index contributed by atoms with van der Waals surface area (Å²) in [6, 6.07) is 9.93. The first-order valence-corrected chi connectivity index (χ1v) is 8.99. The summed E-state index contributed by atoms with van der Waals surface area (Å²) in [4.78, 5) is 0.675. The Balaban J connectivity index is 2.36. The van der Waals surface area contributed by atoms with E-state index >= 15 is 0 Å². The molecule has 0 saturated heterocycles. The van der Waals surface area contributed by atoms with Gasteiger partial charge in [0.15, 0.2) is 5.76 Å². The Hall–Kier alpha value is -1.46. The molecular weight excluding hydrogens is 367 g/mol. The van der Waals surface area contributed by atoms with Gasteiger partial charge < -0.3 is 4.42 Å². The molecule has 0 saturated carbocycles. The monoisotopic (exact) mass is 380 g/mol. The van der Waals surface area contributed by atoms with E-state index < -0.39 is 10.8 Å². The van der Waals surface area contributed by atoms with Gasteiger partial charge >= 0.3 is 0 Å². The molecule has 0 aliphatic heterocycles. The summed E-state index contributed by atoms with van der Waals surface area (Å²) in [6.45, 7) is 3.82. The fraction of sp³-hybridized carbons (Fsp3) is 0.176. The van der Waals surface area contributed by atoms with E-state index in [1.807, 2.05) is 26.0 Å². The highest BCUT2D eigenvalue weighted by Gasteiger charge is 2.21. The Morgan fingerprint density at radius 2 is 1.91 bits per heavy atom. The van der Waals surface area contributed by atoms with Crippen molar-refractivity contribution in [3.63, 3.8) is 0 Å². The standard InChI is InChI=1S/C17H14BrFO2S/c1-3-22(20)17-14-9-12(18)8-10(2)15(14)21-16(17)11-4-6-13(19)7-5-11/h4-9H,3H2,1-2H3/t22-/m1/s1. The minimum absolute atomic E-state index is 0.308. The van der Waals surface area contributed by atoms with E-state index in [2.05, 4.69) is 15.9 Å². The van der Waals surface area contributed by atoms with Crippen LogP contribution in [0.5, 0.6) is 0 Å². The molecule has 0 aliphatic carbocycles. The predicted octanol–water partition coefficient (Wildman–Crippen LogP) is 5.44. The Labute approximate surface area is 138 Å². The van der Waals surface area contributed by atoms with E-state index in [9.17, 15) is 8.60 Å². The van der Waals surface area contributed by atoms with Gasteiger partial charge in [0, 0.05) is 21.2 Å². The van der Waals surface area contributed by atoms with Crippen molar-refractivity contribution in [1.82, 2.24) is 0 Å². The van der Waals surface area contributed by atoms with Crippen molar-refractivity contribution >= 4 is 37.7 Å². The van der Waals surface area contributed by atoms with E-state index in [-0.39, 0.29) is 5.82 Å². The Morgan fingerprint density at radius 1 is 1.23 bits per heavy atom. The molecular formula is C17H14BrFO2S. The number of aryl methyl sites for hydroxylation is 1. The first-order chi connectivity index (χ1) is 10.5. The molecule has 0 unspecified atom stereocenters. The van der Waals surface area contributed by atoms with Gasteiger partial charge in [-0.1, -0.05) is 22.9 Å². The highest BCUT2D eigenvalue weighted by atomic mass is 79.9. The van der Waals surface area contributed by atoms with Crippen LogP contribution < -0.4 is 0 Å². The molecule has 3 aromatic rings. The van der Waals surface area contributed by atoms with Crippen molar-refractivity contribution in [2.24, 2.45) is 0 Å². The van der Waals surface area contributed by atoms with E-state index in [4.69, 9.17) is 4.42 Å². The number of benzene rings is 2. The van der Waals surface area contributed by atoms with Crippen LogP contribution in [0, 0.1) is 12.7 Å². The van der Waals surface area contributed by atoms with Crippen LogP contribution >= 0.6 is 15.9 Å². The summed E-state index contributed by atoms with van der Waals surface area (Å²) in [7, 11) is -1.18. The van der Waals surface area contributed by atoms with Crippen molar-refractivity contribution in [1.29, 1.82) is 0 Å². The van der Waals surface area contributed by atoms with Crippen LogP contribution in [0.25, 0.3) is 22.3 Å². The van der Waals surface area contributed by atoms with Crippen LogP contribution in [0.2, 0.25) is 0 Å². The number of hydrogen-bond donors (Lipinski definition) is 0. The predicted molar refractivity (Wildman–Crippen MR) is 91.0 cm³/mol. The van der Waals surface area contributed by atoms with E-state index in [1.54, 1.807) is 12.1 Å². The van der Waals surface area contributed by atoms with E-state index in [0.29, 0.717) is 16.4 Å². The van der Waals surface area contributed by atoms with Crippen LogP contribution in [-0.4, -0.2) is 9.96 Å². The zero-order chi connectivity index (χ0) is 15.9. The zero-order valence-corrected chi connectivity index (χ0v) is 14.6. The molecule has 2 nitrogen and oxygen atoms in total. The molecule has 1 atom stereocenters. The number of hydrogen-bond acceptors (Lipinski definition) is 2. The topological polar surface area (TPSA) is 30.2 Å². The van der Waals surface area contributed by atoms with Crippen LogP contribution in [0.1, 0.15) is 12.5 Å². The molecule has 0 fully saturated rings. The second kappa shape index (κ2) is 5.97. The quantitative estimate of drug-likeness (QED) is 0.605. The van der Waals surface area contributed by atoms with Gasteiger partial charge in [-0.05, 0) is 48.9 Å². The highest BCUT2D eigenvalue weighted by Crippen LogP contribution is 2.39. The van der Waals surface area contributed by atoms with Crippen molar-refractivity contribution in [2.45, 2.75) is 18.7 Å². The minimum atomic E-state index is -1.18. The van der Waals surface area contributed by atoms with E-state index in [0.717, 1.165) is 26.6 Å². The molecule has 0 N–H and O–H groups in total. The smallest absolute Gasteiger partial charge is 0.151 e.